The summed E-state index contributed by atoms with van der Waals surface area (Å²) in [6, 6.07) is 10.1. The zero-order chi connectivity index (χ0) is 16.9. The molecule has 0 aliphatic heterocycles. The quantitative estimate of drug-likeness (QED) is 0.662. The fourth-order valence-corrected chi connectivity index (χ4v) is 3.26. The molecule has 2 heterocycles. The van der Waals surface area contributed by atoms with Gasteiger partial charge in [0.05, 0.1) is 12.1 Å². The molecule has 3 aromatic rings. The van der Waals surface area contributed by atoms with Crippen LogP contribution in [-0.4, -0.2) is 52.3 Å². The molecule has 1 aromatic carbocycles. The summed E-state index contributed by atoms with van der Waals surface area (Å²) in [5.74, 6) is 0.117. The van der Waals surface area contributed by atoms with E-state index in [0.29, 0.717) is 19.5 Å². The molecule has 126 valence electrons. The highest BCUT2D eigenvalue weighted by atomic mass is 32.1. The third kappa shape index (κ3) is 4.21. The predicted octanol–water partition coefficient (Wildman–Crippen LogP) is 2.53. The Hall–Kier alpha value is -2.18. The molecule has 0 saturated heterocycles. The number of fused-ring (bicyclic) bond motifs is 1. The first-order chi connectivity index (χ1) is 11.6. The number of benzene rings is 1. The van der Waals surface area contributed by atoms with Crippen molar-refractivity contribution in [2.45, 2.75) is 13.0 Å². The number of amides is 1. The SMILES string of the molecule is CN(C)CCN(Cc1ccccc1)C(=O)Cc1cn2ccsc2n1. The van der Waals surface area contributed by atoms with Crippen LogP contribution >= 0.6 is 11.3 Å². The van der Waals surface area contributed by atoms with Gasteiger partial charge >= 0.3 is 0 Å². The van der Waals surface area contributed by atoms with Gasteiger partial charge in [-0.25, -0.2) is 4.98 Å². The summed E-state index contributed by atoms with van der Waals surface area (Å²) >= 11 is 1.58. The van der Waals surface area contributed by atoms with Crippen molar-refractivity contribution in [1.29, 1.82) is 0 Å². The van der Waals surface area contributed by atoms with E-state index in [0.717, 1.165) is 22.8 Å². The summed E-state index contributed by atoms with van der Waals surface area (Å²) in [6.45, 7) is 2.19. The van der Waals surface area contributed by atoms with E-state index in [1.807, 2.05) is 59.4 Å². The molecule has 0 N–H and O–H groups in total. The summed E-state index contributed by atoms with van der Waals surface area (Å²) in [4.78, 5) is 22.3. The van der Waals surface area contributed by atoms with Crippen LogP contribution in [0, 0.1) is 0 Å². The van der Waals surface area contributed by atoms with E-state index in [1.54, 1.807) is 11.3 Å². The summed E-state index contributed by atoms with van der Waals surface area (Å²) < 4.78 is 1.97. The second-order valence-corrected chi connectivity index (χ2v) is 6.98. The lowest BCUT2D eigenvalue weighted by molar-refractivity contribution is -0.131. The Morgan fingerprint density at radius 1 is 1.21 bits per heavy atom. The van der Waals surface area contributed by atoms with Gasteiger partial charge in [-0.1, -0.05) is 30.3 Å². The fourth-order valence-electron chi connectivity index (χ4n) is 2.54. The Labute approximate surface area is 146 Å². The van der Waals surface area contributed by atoms with Crippen LogP contribution in [0.2, 0.25) is 0 Å². The molecule has 0 atom stereocenters. The second-order valence-electron chi connectivity index (χ2n) is 6.11. The zero-order valence-corrected chi connectivity index (χ0v) is 14.9. The fraction of sp³-hybridized carbons (Fsp3) is 0.333. The molecule has 0 spiro atoms. The van der Waals surface area contributed by atoms with E-state index in [1.165, 1.54) is 0 Å². The summed E-state index contributed by atoms with van der Waals surface area (Å²) in [5, 5.41) is 1.99. The van der Waals surface area contributed by atoms with Crippen LogP contribution in [0.1, 0.15) is 11.3 Å². The highest BCUT2D eigenvalue weighted by Gasteiger charge is 2.16. The van der Waals surface area contributed by atoms with Crippen LogP contribution in [0.25, 0.3) is 4.96 Å². The smallest absolute Gasteiger partial charge is 0.228 e. The average molecular weight is 342 g/mol. The third-order valence-corrected chi connectivity index (χ3v) is 4.63. The monoisotopic (exact) mass is 342 g/mol. The van der Waals surface area contributed by atoms with Gasteiger partial charge in [-0.05, 0) is 19.7 Å². The first kappa shape index (κ1) is 16.7. The largest absolute Gasteiger partial charge is 0.337 e. The molecule has 5 nitrogen and oxygen atoms in total. The van der Waals surface area contributed by atoms with Crippen LogP contribution in [0.3, 0.4) is 0 Å². The molecule has 0 aliphatic rings. The Balaban J connectivity index is 1.70. The first-order valence-corrected chi connectivity index (χ1v) is 8.87. The van der Waals surface area contributed by atoms with Gasteiger partial charge in [0.2, 0.25) is 5.91 Å². The first-order valence-electron chi connectivity index (χ1n) is 7.99. The van der Waals surface area contributed by atoms with Gasteiger partial charge < -0.3 is 9.80 Å². The topological polar surface area (TPSA) is 40.9 Å². The molecule has 1 amide bonds. The van der Waals surface area contributed by atoms with Crippen molar-refractivity contribution < 1.29 is 4.79 Å². The van der Waals surface area contributed by atoms with Crippen LogP contribution in [0.15, 0.2) is 48.1 Å². The molecule has 0 unspecified atom stereocenters. The van der Waals surface area contributed by atoms with E-state index >= 15 is 0 Å². The number of nitrogens with zero attached hydrogens (tertiary/aromatic N) is 4. The Kier molecular flexibility index (Phi) is 5.27. The van der Waals surface area contributed by atoms with E-state index in [9.17, 15) is 4.79 Å². The van der Waals surface area contributed by atoms with Gasteiger partial charge in [0.25, 0.3) is 0 Å². The maximum atomic E-state index is 12.8. The van der Waals surface area contributed by atoms with Gasteiger partial charge in [-0.2, -0.15) is 0 Å². The van der Waals surface area contributed by atoms with E-state index < -0.39 is 0 Å². The van der Waals surface area contributed by atoms with Crippen LogP contribution in [-0.2, 0) is 17.8 Å². The molecular weight excluding hydrogens is 320 g/mol. The molecule has 6 heteroatoms. The van der Waals surface area contributed by atoms with Crippen molar-refractivity contribution in [3.63, 3.8) is 0 Å². The predicted molar refractivity (Wildman–Crippen MR) is 97.2 cm³/mol. The van der Waals surface area contributed by atoms with Crippen LogP contribution in [0.4, 0.5) is 0 Å². The van der Waals surface area contributed by atoms with E-state index in [2.05, 4.69) is 22.0 Å². The number of likely N-dealkylation sites (N-methyl/N-ethyl adjacent to an activating group) is 1. The van der Waals surface area contributed by atoms with Crippen molar-refractivity contribution in [3.05, 3.63) is 59.4 Å². The molecule has 0 fully saturated rings. The van der Waals surface area contributed by atoms with Crippen molar-refractivity contribution >= 4 is 22.2 Å². The lowest BCUT2D eigenvalue weighted by Gasteiger charge is -2.24. The zero-order valence-electron chi connectivity index (χ0n) is 14.1. The number of imidazole rings is 1. The number of thiazole rings is 1. The van der Waals surface area contributed by atoms with Gasteiger partial charge in [-0.15, -0.1) is 11.3 Å². The van der Waals surface area contributed by atoms with Gasteiger partial charge in [0.15, 0.2) is 4.96 Å². The number of carbonyl (C=O) groups is 1. The number of hydrogen-bond donors (Lipinski definition) is 0. The number of hydrogen-bond acceptors (Lipinski definition) is 4. The highest BCUT2D eigenvalue weighted by molar-refractivity contribution is 7.15. The van der Waals surface area contributed by atoms with Crippen molar-refractivity contribution in [2.75, 3.05) is 27.2 Å². The Morgan fingerprint density at radius 3 is 2.71 bits per heavy atom. The minimum Gasteiger partial charge on any atom is -0.337 e. The standard InChI is InChI=1S/C18H22N4OS/c1-20(2)8-9-21(13-15-6-4-3-5-7-15)17(23)12-16-14-22-10-11-24-18(22)19-16/h3-7,10-11,14H,8-9,12-13H2,1-2H3. The minimum atomic E-state index is 0.117. The minimum absolute atomic E-state index is 0.117. The molecule has 0 bridgehead atoms. The molecule has 0 saturated carbocycles. The van der Waals surface area contributed by atoms with Crippen LogP contribution < -0.4 is 0 Å². The number of carbonyl (C=O) groups excluding carboxylic acids is 1. The van der Waals surface area contributed by atoms with E-state index in [4.69, 9.17) is 0 Å². The van der Waals surface area contributed by atoms with Gasteiger partial charge in [0.1, 0.15) is 0 Å². The average Bonchev–Trinajstić information content (AvgIpc) is 3.13. The Morgan fingerprint density at radius 2 is 2.00 bits per heavy atom. The molecule has 0 radical (unpaired) electrons. The van der Waals surface area contributed by atoms with E-state index in [-0.39, 0.29) is 5.91 Å². The molecule has 3 rings (SSSR count). The second kappa shape index (κ2) is 7.59. The van der Waals surface area contributed by atoms with Crippen molar-refractivity contribution in [1.82, 2.24) is 19.2 Å². The Bertz CT molecular complexity index is 765. The summed E-state index contributed by atoms with van der Waals surface area (Å²) in [7, 11) is 4.04. The molecule has 2 aromatic heterocycles. The van der Waals surface area contributed by atoms with Crippen molar-refractivity contribution in [2.24, 2.45) is 0 Å². The normalized spacial score (nSPS) is 11.3. The lowest BCUT2D eigenvalue weighted by Crippen LogP contribution is -2.37. The van der Waals surface area contributed by atoms with Crippen molar-refractivity contribution in [3.8, 4) is 0 Å². The third-order valence-electron chi connectivity index (χ3n) is 3.86. The van der Waals surface area contributed by atoms with Crippen LogP contribution in [0.5, 0.6) is 0 Å². The molecular formula is C18H22N4OS. The summed E-state index contributed by atoms with van der Waals surface area (Å²) in [5.41, 5.74) is 1.98. The number of rotatable bonds is 7. The molecule has 0 aliphatic carbocycles. The maximum Gasteiger partial charge on any atom is 0.228 e. The van der Waals surface area contributed by atoms with Gasteiger partial charge in [-0.3, -0.25) is 9.20 Å². The number of aromatic nitrogens is 2. The maximum absolute atomic E-state index is 12.8. The highest BCUT2D eigenvalue weighted by Crippen LogP contribution is 2.13. The molecule has 24 heavy (non-hydrogen) atoms. The summed E-state index contributed by atoms with van der Waals surface area (Å²) in [6.07, 6.45) is 4.25. The van der Waals surface area contributed by atoms with Gasteiger partial charge in [0, 0.05) is 37.4 Å². The lowest BCUT2D eigenvalue weighted by atomic mass is 10.2.